The largest absolute Gasteiger partial charge is 0.480 e. The average Bonchev–Trinajstić information content (AvgIpc) is 2.84. The number of hydrogen-bond donors (Lipinski definition) is 4. The number of aliphatic imine (C=N–C) groups is 1. The first kappa shape index (κ1) is 23.3. The molecule has 3 rings (SSSR count). The smallest absolute Gasteiger partial charge is 0.326 e. The van der Waals surface area contributed by atoms with E-state index in [1.165, 1.54) is 23.1 Å². The van der Waals surface area contributed by atoms with Gasteiger partial charge in [-0.05, 0) is 44.1 Å². The summed E-state index contributed by atoms with van der Waals surface area (Å²) < 4.78 is 52.9. The number of carbonyl (C=O) groups excluding carboxylic acids is 1. The fraction of sp³-hybridized carbons (Fsp3) is 0.609. The van der Waals surface area contributed by atoms with Crippen LogP contribution in [-0.4, -0.2) is 72.7 Å². The van der Waals surface area contributed by atoms with Gasteiger partial charge >= 0.3 is 5.97 Å². The van der Waals surface area contributed by atoms with Crippen LogP contribution in [0.5, 0.6) is 0 Å². The first-order chi connectivity index (χ1) is 18.1. The Morgan fingerprint density at radius 2 is 2.11 bits per heavy atom. The van der Waals surface area contributed by atoms with Crippen LogP contribution in [0, 0.1) is 16.7 Å². The predicted molar refractivity (Wildman–Crippen MR) is 133 cm³/mol. The molecule has 0 spiro atoms. The highest BCUT2D eigenvalue weighted by molar-refractivity contribution is 7.89. The lowest BCUT2D eigenvalue weighted by atomic mass is 9.91. The van der Waals surface area contributed by atoms with Crippen LogP contribution in [-0.2, 0) is 26.0 Å². The van der Waals surface area contributed by atoms with Crippen molar-refractivity contribution in [2.45, 2.75) is 62.9 Å². The Morgan fingerprint density at radius 1 is 1.36 bits per heavy atom. The number of nitrogens with one attached hydrogen (secondary N) is 1. The van der Waals surface area contributed by atoms with E-state index in [0.717, 1.165) is 0 Å². The molecular formula is C23H35N6O6S+. The zero-order valence-corrected chi connectivity index (χ0v) is 20.9. The number of nitrogens with zero attached hydrogens (tertiary/aromatic N) is 3. The van der Waals surface area contributed by atoms with Crippen molar-refractivity contribution in [1.82, 2.24) is 9.62 Å². The van der Waals surface area contributed by atoms with Gasteiger partial charge in [-0.15, -0.1) is 0 Å². The maximum Gasteiger partial charge on any atom is 0.326 e. The van der Waals surface area contributed by atoms with Crippen LogP contribution in [0.4, 0.5) is 5.69 Å². The summed E-state index contributed by atoms with van der Waals surface area (Å²) >= 11 is 0. The van der Waals surface area contributed by atoms with Crippen LogP contribution in [0.2, 0.25) is 0 Å². The number of nitroso groups, excluding NO2 is 1. The van der Waals surface area contributed by atoms with Crippen molar-refractivity contribution in [3.8, 4) is 0 Å². The highest BCUT2D eigenvalue weighted by atomic mass is 32.2. The van der Waals surface area contributed by atoms with Gasteiger partial charge in [0, 0.05) is 38.4 Å². The number of para-hydroxylation sites is 1. The molecule has 0 aliphatic carbocycles. The van der Waals surface area contributed by atoms with Gasteiger partial charge in [-0.2, -0.15) is 4.72 Å². The first-order valence-electron chi connectivity index (χ1n) is 13.3. The SMILES string of the molecule is [2H]C([2H])([2H])C1Cc2cccc(S(=O)(=O)N[C@@H](CCCN=C(N)N)C(=O)N3CC[C@@H](C)C[C@H]3C(=O)O)c2[N+](=O)C1. The molecule has 1 aromatic carbocycles. The number of benzene rings is 1. The van der Waals surface area contributed by atoms with E-state index in [1.807, 2.05) is 6.92 Å². The van der Waals surface area contributed by atoms with Crippen molar-refractivity contribution in [2.75, 3.05) is 19.6 Å². The monoisotopic (exact) mass is 526 g/mol. The number of fused-ring (bicyclic) bond motifs is 1. The zero-order valence-electron chi connectivity index (χ0n) is 23.1. The second kappa shape index (κ2) is 11.3. The highest BCUT2D eigenvalue weighted by Crippen LogP contribution is 2.34. The van der Waals surface area contributed by atoms with Crippen LogP contribution in [0.1, 0.15) is 49.1 Å². The summed E-state index contributed by atoms with van der Waals surface area (Å²) in [5, 5.41) is 9.72. The fourth-order valence-electron chi connectivity index (χ4n) is 4.68. The number of likely N-dealkylation sites (tertiary alicyclic amines) is 1. The topological polar surface area (TPSA) is 188 Å². The maximum absolute atomic E-state index is 13.6. The van der Waals surface area contributed by atoms with Gasteiger partial charge in [-0.1, -0.05) is 25.9 Å². The third-order valence-electron chi connectivity index (χ3n) is 6.45. The van der Waals surface area contributed by atoms with Gasteiger partial charge in [0.1, 0.15) is 12.1 Å². The van der Waals surface area contributed by atoms with Gasteiger partial charge in [-0.25, -0.2) is 13.2 Å². The lowest BCUT2D eigenvalue weighted by Gasteiger charge is -2.38. The number of carbonyl (C=O) groups is 2. The van der Waals surface area contributed by atoms with Crippen LogP contribution in [0.25, 0.3) is 0 Å². The van der Waals surface area contributed by atoms with Crippen molar-refractivity contribution in [3.63, 3.8) is 0 Å². The molecule has 1 unspecified atom stereocenters. The molecule has 6 N–H and O–H groups in total. The lowest BCUT2D eigenvalue weighted by Crippen LogP contribution is -2.56. The highest BCUT2D eigenvalue weighted by Gasteiger charge is 2.41. The van der Waals surface area contributed by atoms with E-state index in [1.54, 1.807) is 0 Å². The number of hydrogen-bond acceptors (Lipinski definition) is 6. The summed E-state index contributed by atoms with van der Waals surface area (Å²) in [7, 11) is -4.48. The van der Waals surface area contributed by atoms with Crippen LogP contribution < -0.4 is 16.2 Å². The molecule has 1 amide bonds. The van der Waals surface area contributed by atoms with Gasteiger partial charge in [0.2, 0.25) is 22.5 Å². The molecule has 36 heavy (non-hydrogen) atoms. The van der Waals surface area contributed by atoms with E-state index in [4.69, 9.17) is 15.6 Å². The van der Waals surface area contributed by atoms with Crippen molar-refractivity contribution < 1.29 is 32.0 Å². The Hall–Kier alpha value is -3.06. The van der Waals surface area contributed by atoms with E-state index in [-0.39, 0.29) is 66.8 Å². The number of aliphatic carboxylic acids is 1. The van der Waals surface area contributed by atoms with Gasteiger partial charge in [0.05, 0.1) is 0 Å². The van der Waals surface area contributed by atoms with Crippen LogP contribution in [0.3, 0.4) is 0 Å². The summed E-state index contributed by atoms with van der Waals surface area (Å²) in [6.07, 6.45) is 0.951. The summed E-state index contributed by atoms with van der Waals surface area (Å²) in [6, 6.07) is 1.66. The number of guanidine groups is 1. The van der Waals surface area contributed by atoms with Crippen molar-refractivity contribution in [1.29, 1.82) is 0 Å². The molecule has 2 aliphatic heterocycles. The minimum absolute atomic E-state index is 0.0128. The molecule has 198 valence electrons. The molecule has 1 aromatic rings. The number of nitrogens with two attached hydrogens (primary N) is 2. The molecule has 4 atom stereocenters. The van der Waals surface area contributed by atoms with Crippen LogP contribution >= 0.6 is 0 Å². The molecule has 0 aromatic heterocycles. The molecule has 0 bridgehead atoms. The number of carboxylic acid groups (broad SMARTS) is 1. The number of amides is 1. The third kappa shape index (κ3) is 6.38. The number of rotatable bonds is 9. The van der Waals surface area contributed by atoms with Crippen molar-refractivity contribution >= 4 is 33.5 Å². The van der Waals surface area contributed by atoms with Gasteiger partial charge < -0.3 is 21.5 Å². The zero-order chi connectivity index (χ0) is 29.1. The summed E-state index contributed by atoms with van der Waals surface area (Å²) in [5.41, 5.74) is 10.8. The van der Waals surface area contributed by atoms with Gasteiger partial charge in [0.15, 0.2) is 10.9 Å². The molecule has 2 aliphatic rings. The molecule has 0 radical (unpaired) electrons. The van der Waals surface area contributed by atoms with E-state index >= 15 is 0 Å². The van der Waals surface area contributed by atoms with Crippen molar-refractivity contribution in [2.24, 2.45) is 28.3 Å². The molecule has 12 nitrogen and oxygen atoms in total. The molecule has 2 heterocycles. The second-order valence-electron chi connectivity index (χ2n) is 9.36. The molecule has 0 saturated carbocycles. The molecule has 13 heteroatoms. The van der Waals surface area contributed by atoms with Gasteiger partial charge in [0.25, 0.3) is 5.69 Å². The van der Waals surface area contributed by atoms with E-state index in [2.05, 4.69) is 9.71 Å². The lowest BCUT2D eigenvalue weighted by molar-refractivity contribution is -0.478. The Kier molecular flexibility index (Phi) is 7.35. The first-order valence-corrected chi connectivity index (χ1v) is 13.3. The standard InChI is InChI=1S/C23H34N6O6S/c1-14-8-10-28(18(12-14)22(31)32)21(30)17(6-4-9-26-23(24)25)27-36(34,35)19-7-3-5-16-11-15(2)13-29(33)20(16)19/h3,5,7,14-15,17-18,27H,4,6,8-13H2,1-2H3,(H4-,24,25,26,31,32)/p+1/t14-,15?,17+,18+/m1/s1/i2D3. The summed E-state index contributed by atoms with van der Waals surface area (Å²) in [6.45, 7) is -0.666. The minimum atomic E-state index is -4.48. The predicted octanol–water partition coefficient (Wildman–Crippen LogP) is 0.701. The van der Waals surface area contributed by atoms with Crippen molar-refractivity contribution in [3.05, 3.63) is 28.7 Å². The quantitative estimate of drug-likeness (QED) is 0.156. The Bertz CT molecular complexity index is 1250. The van der Waals surface area contributed by atoms with E-state index < -0.39 is 53.3 Å². The molecule has 1 fully saturated rings. The number of piperidine rings is 1. The maximum atomic E-state index is 13.6. The average molecular weight is 527 g/mol. The fourth-order valence-corrected chi connectivity index (χ4v) is 6.15. The Labute approximate surface area is 215 Å². The van der Waals surface area contributed by atoms with Crippen LogP contribution in [0.15, 0.2) is 28.1 Å². The Morgan fingerprint density at radius 3 is 2.78 bits per heavy atom. The normalized spacial score (nSPS) is 24.6. The summed E-state index contributed by atoms with van der Waals surface area (Å²) in [5.74, 6) is -2.94. The Balaban J connectivity index is 1.94. The van der Waals surface area contributed by atoms with Gasteiger partial charge in [-0.3, -0.25) is 9.79 Å². The molecular weight excluding hydrogens is 488 g/mol. The summed E-state index contributed by atoms with van der Waals surface area (Å²) in [4.78, 5) is 43.0. The minimum Gasteiger partial charge on any atom is -0.480 e. The van der Waals surface area contributed by atoms with E-state index in [0.29, 0.717) is 11.2 Å². The molecule has 1 saturated heterocycles. The second-order valence-corrected chi connectivity index (χ2v) is 11.0. The number of carboxylic acids is 1. The number of sulfonamides is 1. The van der Waals surface area contributed by atoms with E-state index in [9.17, 15) is 28.0 Å². The third-order valence-corrected chi connectivity index (χ3v) is 7.95.